The molecule has 0 aliphatic heterocycles. The fourth-order valence-corrected chi connectivity index (χ4v) is 3.28. The number of benzene rings is 2. The summed E-state index contributed by atoms with van der Waals surface area (Å²) >= 11 is 6.61. The highest BCUT2D eigenvalue weighted by Gasteiger charge is 2.15. The minimum absolute atomic E-state index is 0.0299. The molecule has 2 rings (SSSR count). The zero-order valence-electron chi connectivity index (χ0n) is 11.5. The van der Waals surface area contributed by atoms with Gasteiger partial charge in [-0.3, -0.25) is 0 Å². The van der Waals surface area contributed by atoms with Crippen LogP contribution in [-0.4, -0.2) is 6.54 Å². The van der Waals surface area contributed by atoms with Crippen LogP contribution in [0.25, 0.3) is 0 Å². The van der Waals surface area contributed by atoms with Gasteiger partial charge in [0.2, 0.25) is 0 Å². The zero-order valence-corrected chi connectivity index (χ0v) is 14.6. The van der Waals surface area contributed by atoms with Crippen molar-refractivity contribution in [2.45, 2.75) is 19.4 Å². The molecular weight excluding hydrogens is 404 g/mol. The first kappa shape index (κ1) is 16.6. The molecule has 0 aliphatic carbocycles. The predicted octanol–water partition coefficient (Wildman–Crippen LogP) is 5.38. The van der Waals surface area contributed by atoms with Gasteiger partial charge in [-0.15, -0.1) is 0 Å². The Balaban J connectivity index is 2.28. The fraction of sp³-hybridized carbons (Fsp3) is 0.250. The molecule has 1 nitrogen and oxygen atoms in total. The Labute approximate surface area is 140 Å². The van der Waals surface area contributed by atoms with Gasteiger partial charge in [0.15, 0.2) is 0 Å². The molecule has 112 valence electrons. The van der Waals surface area contributed by atoms with E-state index >= 15 is 0 Å². The van der Waals surface area contributed by atoms with Crippen molar-refractivity contribution in [2.75, 3.05) is 6.54 Å². The van der Waals surface area contributed by atoms with Gasteiger partial charge in [0.25, 0.3) is 0 Å². The SMILES string of the molecule is CCNC(Cc1ccc(F)c(Br)c1)c1ccc(F)cc1Br. The highest BCUT2D eigenvalue weighted by molar-refractivity contribution is 9.10. The molecule has 0 aliphatic rings. The van der Waals surface area contributed by atoms with E-state index in [-0.39, 0.29) is 17.7 Å². The first-order valence-electron chi connectivity index (χ1n) is 6.63. The lowest BCUT2D eigenvalue weighted by atomic mass is 9.98. The molecule has 0 amide bonds. The van der Waals surface area contributed by atoms with Crippen molar-refractivity contribution in [1.29, 1.82) is 0 Å². The van der Waals surface area contributed by atoms with Crippen LogP contribution in [0.5, 0.6) is 0 Å². The standard InChI is InChI=1S/C16H15Br2F2N/c1-2-21-16(12-5-4-11(19)9-13(12)17)8-10-3-6-15(20)14(18)7-10/h3-7,9,16,21H,2,8H2,1H3. The minimum atomic E-state index is -0.276. The van der Waals surface area contributed by atoms with E-state index in [0.29, 0.717) is 10.9 Å². The Kier molecular flexibility index (Phi) is 5.90. The highest BCUT2D eigenvalue weighted by atomic mass is 79.9. The van der Waals surface area contributed by atoms with Crippen LogP contribution in [0.3, 0.4) is 0 Å². The average Bonchev–Trinajstić information content (AvgIpc) is 2.42. The Bertz CT molecular complexity index is 632. The monoisotopic (exact) mass is 417 g/mol. The van der Waals surface area contributed by atoms with E-state index in [2.05, 4.69) is 37.2 Å². The molecule has 0 saturated carbocycles. The first-order valence-corrected chi connectivity index (χ1v) is 8.22. The van der Waals surface area contributed by atoms with Crippen LogP contribution in [0.1, 0.15) is 24.1 Å². The summed E-state index contributed by atoms with van der Waals surface area (Å²) in [6, 6.07) is 9.69. The summed E-state index contributed by atoms with van der Waals surface area (Å²) < 4.78 is 27.7. The fourth-order valence-electron chi connectivity index (χ4n) is 2.22. The number of halogens is 4. The van der Waals surface area contributed by atoms with E-state index < -0.39 is 0 Å². The molecule has 2 aromatic rings. The maximum absolute atomic E-state index is 13.3. The second-order valence-corrected chi connectivity index (χ2v) is 6.44. The Hall–Kier alpha value is -0.780. The minimum Gasteiger partial charge on any atom is -0.310 e. The third-order valence-corrected chi connectivity index (χ3v) is 4.51. The molecule has 0 fully saturated rings. The lowest BCUT2D eigenvalue weighted by Crippen LogP contribution is -2.23. The van der Waals surface area contributed by atoms with Gasteiger partial charge in [-0.05, 0) is 64.3 Å². The third-order valence-electron chi connectivity index (χ3n) is 3.21. The number of nitrogens with one attached hydrogen (secondary N) is 1. The summed E-state index contributed by atoms with van der Waals surface area (Å²) in [6.45, 7) is 2.81. The molecule has 1 atom stereocenters. The molecule has 0 heterocycles. The lowest BCUT2D eigenvalue weighted by molar-refractivity contribution is 0.544. The molecule has 0 radical (unpaired) electrons. The summed E-state index contributed by atoms with van der Waals surface area (Å²) in [6.07, 6.45) is 0.691. The van der Waals surface area contributed by atoms with Gasteiger partial charge in [-0.25, -0.2) is 8.78 Å². The van der Waals surface area contributed by atoms with Crippen molar-refractivity contribution < 1.29 is 8.78 Å². The summed E-state index contributed by atoms with van der Waals surface area (Å²) in [5.74, 6) is -0.549. The van der Waals surface area contributed by atoms with E-state index in [1.54, 1.807) is 18.2 Å². The summed E-state index contributed by atoms with van der Waals surface area (Å²) in [7, 11) is 0. The summed E-state index contributed by atoms with van der Waals surface area (Å²) in [4.78, 5) is 0. The van der Waals surface area contributed by atoms with Crippen molar-refractivity contribution in [3.05, 3.63) is 68.1 Å². The van der Waals surface area contributed by atoms with E-state index in [1.807, 2.05) is 6.92 Å². The van der Waals surface area contributed by atoms with Gasteiger partial charge >= 0.3 is 0 Å². The van der Waals surface area contributed by atoms with Gasteiger partial charge in [0.1, 0.15) is 11.6 Å². The van der Waals surface area contributed by atoms with Crippen molar-refractivity contribution >= 4 is 31.9 Å². The van der Waals surface area contributed by atoms with Crippen LogP contribution in [0, 0.1) is 11.6 Å². The average molecular weight is 419 g/mol. The maximum Gasteiger partial charge on any atom is 0.137 e. The first-order chi connectivity index (χ1) is 10.0. The quantitative estimate of drug-likeness (QED) is 0.686. The topological polar surface area (TPSA) is 12.0 Å². The van der Waals surface area contributed by atoms with E-state index in [4.69, 9.17) is 0 Å². The molecule has 21 heavy (non-hydrogen) atoms. The Morgan fingerprint density at radius 3 is 2.43 bits per heavy atom. The smallest absolute Gasteiger partial charge is 0.137 e. The lowest BCUT2D eigenvalue weighted by Gasteiger charge is -2.20. The molecule has 1 N–H and O–H groups in total. The molecule has 0 saturated heterocycles. The zero-order chi connectivity index (χ0) is 15.4. The van der Waals surface area contributed by atoms with Crippen LogP contribution in [0.4, 0.5) is 8.78 Å². The number of likely N-dealkylation sites (N-methyl/N-ethyl adjacent to an activating group) is 1. The van der Waals surface area contributed by atoms with Crippen LogP contribution in [-0.2, 0) is 6.42 Å². The molecule has 0 spiro atoms. The van der Waals surface area contributed by atoms with Gasteiger partial charge < -0.3 is 5.32 Å². The van der Waals surface area contributed by atoms with Gasteiger partial charge in [0, 0.05) is 10.5 Å². The van der Waals surface area contributed by atoms with Crippen molar-refractivity contribution in [3.8, 4) is 0 Å². The molecule has 2 aromatic carbocycles. The second-order valence-electron chi connectivity index (χ2n) is 4.73. The van der Waals surface area contributed by atoms with Crippen molar-refractivity contribution in [3.63, 3.8) is 0 Å². The molecule has 1 unspecified atom stereocenters. The van der Waals surface area contributed by atoms with E-state index in [1.165, 1.54) is 18.2 Å². The van der Waals surface area contributed by atoms with Crippen LogP contribution in [0.15, 0.2) is 45.3 Å². The number of hydrogen-bond acceptors (Lipinski definition) is 1. The van der Waals surface area contributed by atoms with Crippen LogP contribution in [0.2, 0.25) is 0 Å². The Morgan fingerprint density at radius 2 is 1.81 bits per heavy atom. The van der Waals surface area contributed by atoms with Crippen molar-refractivity contribution in [2.24, 2.45) is 0 Å². The largest absolute Gasteiger partial charge is 0.310 e. The molecule has 0 bridgehead atoms. The highest BCUT2D eigenvalue weighted by Crippen LogP contribution is 2.28. The van der Waals surface area contributed by atoms with Gasteiger partial charge in [0.05, 0.1) is 4.47 Å². The molecule has 0 aromatic heterocycles. The number of hydrogen-bond donors (Lipinski definition) is 1. The van der Waals surface area contributed by atoms with E-state index in [0.717, 1.165) is 22.1 Å². The Morgan fingerprint density at radius 1 is 1.05 bits per heavy atom. The predicted molar refractivity (Wildman–Crippen MR) is 88.3 cm³/mol. The van der Waals surface area contributed by atoms with Crippen LogP contribution >= 0.6 is 31.9 Å². The normalized spacial score (nSPS) is 12.4. The second kappa shape index (κ2) is 7.47. The maximum atomic E-state index is 13.3. The van der Waals surface area contributed by atoms with Gasteiger partial charge in [-0.1, -0.05) is 35.0 Å². The van der Waals surface area contributed by atoms with E-state index in [9.17, 15) is 8.78 Å². The van der Waals surface area contributed by atoms with Crippen LogP contribution < -0.4 is 5.32 Å². The summed E-state index contributed by atoms with van der Waals surface area (Å²) in [5.41, 5.74) is 1.99. The molecular formula is C16H15Br2F2N. The third kappa shape index (κ3) is 4.34. The van der Waals surface area contributed by atoms with Gasteiger partial charge in [-0.2, -0.15) is 0 Å². The number of rotatable bonds is 5. The van der Waals surface area contributed by atoms with Crippen molar-refractivity contribution in [1.82, 2.24) is 5.32 Å². The molecule has 5 heteroatoms. The summed E-state index contributed by atoms with van der Waals surface area (Å²) in [5, 5.41) is 3.38.